The summed E-state index contributed by atoms with van der Waals surface area (Å²) in [6.45, 7) is 2.37. The van der Waals surface area contributed by atoms with E-state index in [4.69, 9.17) is 11.6 Å². The van der Waals surface area contributed by atoms with Gasteiger partial charge in [-0.25, -0.2) is 9.18 Å². The molecule has 2 aromatic carbocycles. The second-order valence-corrected chi connectivity index (χ2v) is 5.02. The maximum atomic E-state index is 13.0. The molecule has 0 saturated heterocycles. The van der Waals surface area contributed by atoms with Crippen LogP contribution in [0.15, 0.2) is 36.4 Å². The summed E-state index contributed by atoms with van der Waals surface area (Å²) in [6, 6.07) is 9.67. The van der Waals surface area contributed by atoms with Crippen molar-refractivity contribution in [3.8, 4) is 0 Å². The number of hydrogen-bond donors (Lipinski definition) is 1. The highest BCUT2D eigenvalue weighted by molar-refractivity contribution is 6.33. The standard InChI is InChI=1S/C16H15ClFNO2/c1-10-7-12(18)4-3-11(10)9-19-13-5-6-15(17)14(8-13)16(20)21-2/h3-8,19H,9H2,1-2H3. The van der Waals surface area contributed by atoms with Gasteiger partial charge in [0.15, 0.2) is 0 Å². The van der Waals surface area contributed by atoms with E-state index in [9.17, 15) is 9.18 Å². The van der Waals surface area contributed by atoms with Gasteiger partial charge in [0.2, 0.25) is 0 Å². The number of methoxy groups -OCH3 is 1. The second-order valence-electron chi connectivity index (χ2n) is 4.61. The molecule has 5 heteroatoms. The Bertz CT molecular complexity index is 673. The van der Waals surface area contributed by atoms with Crippen molar-refractivity contribution in [3.63, 3.8) is 0 Å². The molecule has 0 aromatic heterocycles. The first-order chi connectivity index (χ1) is 10.0. The van der Waals surface area contributed by atoms with E-state index in [1.807, 2.05) is 6.92 Å². The Kier molecular flexibility index (Phi) is 4.81. The Morgan fingerprint density at radius 1 is 1.29 bits per heavy atom. The molecule has 0 saturated carbocycles. The van der Waals surface area contributed by atoms with Gasteiger partial charge in [-0.3, -0.25) is 0 Å². The molecular weight excluding hydrogens is 293 g/mol. The first kappa shape index (κ1) is 15.3. The molecule has 0 atom stereocenters. The number of hydrogen-bond acceptors (Lipinski definition) is 3. The minimum atomic E-state index is -0.485. The zero-order chi connectivity index (χ0) is 15.4. The van der Waals surface area contributed by atoms with Gasteiger partial charge < -0.3 is 10.1 Å². The summed E-state index contributed by atoms with van der Waals surface area (Å²) in [7, 11) is 1.31. The number of esters is 1. The Balaban J connectivity index is 2.15. The lowest BCUT2D eigenvalue weighted by molar-refractivity contribution is 0.0601. The lowest BCUT2D eigenvalue weighted by atomic mass is 10.1. The highest BCUT2D eigenvalue weighted by atomic mass is 35.5. The topological polar surface area (TPSA) is 38.3 Å². The fourth-order valence-corrected chi connectivity index (χ4v) is 2.15. The average Bonchev–Trinajstić information content (AvgIpc) is 2.47. The van der Waals surface area contributed by atoms with Crippen LogP contribution in [-0.2, 0) is 11.3 Å². The maximum Gasteiger partial charge on any atom is 0.339 e. The maximum absolute atomic E-state index is 13.0. The lowest BCUT2D eigenvalue weighted by Gasteiger charge is -2.11. The molecule has 0 radical (unpaired) electrons. The number of benzene rings is 2. The molecule has 0 bridgehead atoms. The molecular formula is C16H15ClFNO2. The summed E-state index contributed by atoms with van der Waals surface area (Å²) in [5.41, 5.74) is 2.89. The Morgan fingerprint density at radius 2 is 2.05 bits per heavy atom. The molecule has 110 valence electrons. The first-order valence-corrected chi connectivity index (χ1v) is 6.76. The first-order valence-electron chi connectivity index (χ1n) is 6.38. The van der Waals surface area contributed by atoms with E-state index in [0.717, 1.165) is 16.8 Å². The highest BCUT2D eigenvalue weighted by Crippen LogP contribution is 2.22. The molecule has 3 nitrogen and oxygen atoms in total. The van der Waals surface area contributed by atoms with E-state index in [-0.39, 0.29) is 5.82 Å². The number of anilines is 1. The third-order valence-corrected chi connectivity index (χ3v) is 3.49. The van der Waals surface area contributed by atoms with Gasteiger partial charge in [0.1, 0.15) is 5.82 Å². The largest absolute Gasteiger partial charge is 0.465 e. The van der Waals surface area contributed by atoms with E-state index in [2.05, 4.69) is 10.1 Å². The van der Waals surface area contributed by atoms with Crippen LogP contribution in [0.5, 0.6) is 0 Å². The van der Waals surface area contributed by atoms with E-state index < -0.39 is 5.97 Å². The van der Waals surface area contributed by atoms with Gasteiger partial charge in [-0.05, 0) is 48.4 Å². The molecule has 0 unspecified atom stereocenters. The van der Waals surface area contributed by atoms with Gasteiger partial charge in [0.05, 0.1) is 17.7 Å². The van der Waals surface area contributed by atoms with Crippen molar-refractivity contribution in [2.24, 2.45) is 0 Å². The Morgan fingerprint density at radius 3 is 2.71 bits per heavy atom. The van der Waals surface area contributed by atoms with Gasteiger partial charge in [-0.2, -0.15) is 0 Å². The summed E-state index contributed by atoms with van der Waals surface area (Å²) in [6.07, 6.45) is 0. The van der Waals surface area contributed by atoms with E-state index in [1.165, 1.54) is 19.2 Å². The second kappa shape index (κ2) is 6.59. The van der Waals surface area contributed by atoms with Crippen LogP contribution in [0.3, 0.4) is 0 Å². The van der Waals surface area contributed by atoms with E-state index in [0.29, 0.717) is 17.1 Å². The number of rotatable bonds is 4. The molecule has 0 heterocycles. The molecule has 0 aliphatic heterocycles. The fraction of sp³-hybridized carbons (Fsp3) is 0.188. The zero-order valence-electron chi connectivity index (χ0n) is 11.7. The van der Waals surface area contributed by atoms with Crippen molar-refractivity contribution >= 4 is 23.3 Å². The molecule has 0 fully saturated rings. The number of halogens is 2. The summed E-state index contributed by atoms with van der Waals surface area (Å²) in [5.74, 6) is -0.739. The summed E-state index contributed by atoms with van der Waals surface area (Å²) in [5, 5.41) is 3.52. The number of ether oxygens (including phenoxy) is 1. The molecule has 0 spiro atoms. The third kappa shape index (κ3) is 3.73. The molecule has 0 amide bonds. The van der Waals surface area contributed by atoms with Crippen molar-refractivity contribution in [2.45, 2.75) is 13.5 Å². The minimum Gasteiger partial charge on any atom is -0.465 e. The van der Waals surface area contributed by atoms with Crippen LogP contribution >= 0.6 is 11.6 Å². The number of carbonyl (C=O) groups excluding carboxylic acids is 1. The highest BCUT2D eigenvalue weighted by Gasteiger charge is 2.11. The Hall–Kier alpha value is -2.07. The van der Waals surface area contributed by atoms with Crippen molar-refractivity contribution in [2.75, 3.05) is 12.4 Å². The smallest absolute Gasteiger partial charge is 0.339 e. The van der Waals surface area contributed by atoms with Gasteiger partial charge in [0.25, 0.3) is 0 Å². The molecule has 2 rings (SSSR count). The van der Waals surface area contributed by atoms with Gasteiger partial charge in [0, 0.05) is 12.2 Å². The van der Waals surface area contributed by atoms with Crippen LogP contribution < -0.4 is 5.32 Å². The molecule has 0 aliphatic carbocycles. The SMILES string of the molecule is COC(=O)c1cc(NCc2ccc(F)cc2C)ccc1Cl. The van der Waals surface area contributed by atoms with Crippen LogP contribution in [0, 0.1) is 12.7 Å². The Labute approximate surface area is 127 Å². The summed E-state index contributed by atoms with van der Waals surface area (Å²) < 4.78 is 17.7. The van der Waals surface area contributed by atoms with Crippen LogP contribution in [0.25, 0.3) is 0 Å². The number of aryl methyl sites for hydroxylation is 1. The normalized spacial score (nSPS) is 10.3. The van der Waals surface area contributed by atoms with Crippen LogP contribution in [0.1, 0.15) is 21.5 Å². The third-order valence-electron chi connectivity index (χ3n) is 3.16. The average molecular weight is 308 g/mol. The lowest BCUT2D eigenvalue weighted by Crippen LogP contribution is -2.05. The van der Waals surface area contributed by atoms with Gasteiger partial charge >= 0.3 is 5.97 Å². The fourth-order valence-electron chi connectivity index (χ4n) is 1.96. The summed E-state index contributed by atoms with van der Waals surface area (Å²) in [4.78, 5) is 11.6. The summed E-state index contributed by atoms with van der Waals surface area (Å²) >= 11 is 5.96. The van der Waals surface area contributed by atoms with Gasteiger partial charge in [-0.15, -0.1) is 0 Å². The zero-order valence-corrected chi connectivity index (χ0v) is 12.5. The predicted octanol–water partition coefficient (Wildman–Crippen LogP) is 4.19. The van der Waals surface area contributed by atoms with E-state index in [1.54, 1.807) is 24.3 Å². The molecule has 0 aliphatic rings. The monoisotopic (exact) mass is 307 g/mol. The van der Waals surface area contributed by atoms with Crippen LogP contribution in [-0.4, -0.2) is 13.1 Å². The van der Waals surface area contributed by atoms with Gasteiger partial charge in [-0.1, -0.05) is 17.7 Å². The van der Waals surface area contributed by atoms with Crippen LogP contribution in [0.2, 0.25) is 5.02 Å². The molecule has 21 heavy (non-hydrogen) atoms. The predicted molar refractivity (Wildman–Crippen MR) is 81.3 cm³/mol. The minimum absolute atomic E-state index is 0.254. The van der Waals surface area contributed by atoms with Crippen molar-refractivity contribution in [1.82, 2.24) is 0 Å². The van der Waals surface area contributed by atoms with Crippen molar-refractivity contribution in [1.29, 1.82) is 0 Å². The van der Waals surface area contributed by atoms with Crippen LogP contribution in [0.4, 0.5) is 10.1 Å². The quantitative estimate of drug-likeness (QED) is 0.861. The van der Waals surface area contributed by atoms with Crippen molar-refractivity contribution < 1.29 is 13.9 Å². The van der Waals surface area contributed by atoms with Crippen molar-refractivity contribution in [3.05, 3.63) is 63.9 Å². The molecule has 2 aromatic rings. The van der Waals surface area contributed by atoms with E-state index >= 15 is 0 Å². The number of carbonyl (C=O) groups is 1. The number of nitrogens with one attached hydrogen (secondary N) is 1. The molecule has 1 N–H and O–H groups in total.